The first-order valence-electron chi connectivity index (χ1n) is 6.10. The summed E-state index contributed by atoms with van der Waals surface area (Å²) in [6, 6.07) is 9.00. The van der Waals surface area contributed by atoms with Gasteiger partial charge in [0.2, 0.25) is 0 Å². The van der Waals surface area contributed by atoms with E-state index in [4.69, 9.17) is 19.8 Å². The number of aliphatic hydroxyl groups excluding tert-OH is 1. The fourth-order valence-electron chi connectivity index (χ4n) is 1.55. The highest BCUT2D eigenvalue weighted by molar-refractivity contribution is 5.75. The molecule has 0 amide bonds. The first kappa shape index (κ1) is 15.0. The van der Waals surface area contributed by atoms with Gasteiger partial charge in [0.15, 0.2) is 0 Å². The maximum atomic E-state index is 11.5. The topological polar surface area (TPSA) is 79.6 Å². The highest BCUT2D eigenvalue weighted by Gasteiger charge is 2.19. The molecule has 1 unspecified atom stereocenters. The minimum atomic E-state index is -0.788. The van der Waals surface area contributed by atoms with E-state index < -0.39 is 11.9 Å². The van der Waals surface area contributed by atoms with Crippen molar-refractivity contribution in [2.24, 2.45) is 5.92 Å². The normalized spacial score (nSPS) is 11.4. The van der Waals surface area contributed by atoms with Crippen molar-refractivity contribution in [1.82, 2.24) is 0 Å². The molecule has 0 saturated heterocycles. The van der Waals surface area contributed by atoms with Crippen molar-refractivity contribution in [2.45, 2.75) is 13.3 Å². The summed E-state index contributed by atoms with van der Waals surface area (Å²) in [5.74, 6) is -0.641. The lowest BCUT2D eigenvalue weighted by Gasteiger charge is -2.09. The van der Waals surface area contributed by atoms with Crippen LogP contribution in [0.4, 0.5) is 0 Å². The molecule has 0 aromatic heterocycles. The minimum Gasteiger partial charge on any atom is -0.491 e. The quantitative estimate of drug-likeness (QED) is 0.750. The van der Waals surface area contributed by atoms with Gasteiger partial charge in [-0.05, 0) is 31.0 Å². The molecule has 1 aromatic carbocycles. The van der Waals surface area contributed by atoms with E-state index in [1.54, 1.807) is 31.2 Å². The fraction of sp³-hybridized carbons (Fsp3) is 0.429. The Morgan fingerprint density at radius 2 is 2.11 bits per heavy atom. The molecule has 1 atom stereocenters. The zero-order chi connectivity index (χ0) is 14.1. The van der Waals surface area contributed by atoms with Crippen LogP contribution in [0.3, 0.4) is 0 Å². The zero-order valence-electron chi connectivity index (χ0n) is 10.8. The summed E-state index contributed by atoms with van der Waals surface area (Å²) in [5, 5.41) is 17.6. The van der Waals surface area contributed by atoms with Crippen LogP contribution >= 0.6 is 0 Å². The molecular weight excluding hydrogens is 246 g/mol. The summed E-state index contributed by atoms with van der Waals surface area (Å²) >= 11 is 0. The number of esters is 1. The summed E-state index contributed by atoms with van der Waals surface area (Å²) in [6.45, 7) is 2.18. The van der Waals surface area contributed by atoms with Crippen LogP contribution in [0.25, 0.3) is 0 Å². The highest BCUT2D eigenvalue weighted by Crippen LogP contribution is 2.15. The van der Waals surface area contributed by atoms with E-state index in [1.165, 1.54) is 0 Å². The average molecular weight is 263 g/mol. The number of nitriles is 1. The van der Waals surface area contributed by atoms with Gasteiger partial charge in [-0.25, -0.2) is 0 Å². The Morgan fingerprint density at radius 1 is 1.42 bits per heavy atom. The van der Waals surface area contributed by atoms with Gasteiger partial charge in [0, 0.05) is 0 Å². The van der Waals surface area contributed by atoms with Crippen molar-refractivity contribution in [3.05, 3.63) is 29.8 Å². The van der Waals surface area contributed by atoms with E-state index >= 15 is 0 Å². The molecule has 0 spiro atoms. The molecule has 102 valence electrons. The number of carbonyl (C=O) groups excluding carboxylic acids is 1. The third-order valence-corrected chi connectivity index (χ3v) is 2.45. The van der Waals surface area contributed by atoms with Gasteiger partial charge < -0.3 is 14.6 Å². The molecule has 0 aliphatic carbocycles. The van der Waals surface area contributed by atoms with Crippen molar-refractivity contribution in [1.29, 1.82) is 5.26 Å². The number of ether oxygens (including phenoxy) is 2. The monoisotopic (exact) mass is 263 g/mol. The Bertz CT molecular complexity index is 436. The Balaban J connectivity index is 2.61. The van der Waals surface area contributed by atoms with Crippen LogP contribution < -0.4 is 4.74 Å². The summed E-state index contributed by atoms with van der Waals surface area (Å²) in [7, 11) is 0. The number of aliphatic hydroxyl groups is 1. The molecular formula is C14H17NO4. The van der Waals surface area contributed by atoms with E-state index in [0.29, 0.717) is 12.2 Å². The summed E-state index contributed by atoms with van der Waals surface area (Å²) < 4.78 is 10.1. The zero-order valence-corrected chi connectivity index (χ0v) is 10.8. The van der Waals surface area contributed by atoms with Gasteiger partial charge in [-0.1, -0.05) is 12.1 Å². The number of carbonyl (C=O) groups is 1. The third kappa shape index (κ3) is 4.98. The van der Waals surface area contributed by atoms with Gasteiger partial charge in [-0.15, -0.1) is 0 Å². The number of hydrogen-bond acceptors (Lipinski definition) is 5. The Labute approximate surface area is 112 Å². The van der Waals surface area contributed by atoms with Crippen LogP contribution in [-0.2, 0) is 16.0 Å². The van der Waals surface area contributed by atoms with Crippen molar-refractivity contribution < 1.29 is 19.4 Å². The number of nitrogens with zero attached hydrogens (tertiary/aromatic N) is 1. The molecule has 19 heavy (non-hydrogen) atoms. The van der Waals surface area contributed by atoms with Crippen LogP contribution in [0.5, 0.6) is 5.75 Å². The maximum Gasteiger partial charge on any atom is 0.323 e. The smallest absolute Gasteiger partial charge is 0.323 e. The van der Waals surface area contributed by atoms with Crippen LogP contribution in [0.1, 0.15) is 12.5 Å². The summed E-state index contributed by atoms with van der Waals surface area (Å²) in [5.41, 5.74) is 0.857. The molecule has 1 aromatic rings. The second kappa shape index (κ2) is 8.11. The van der Waals surface area contributed by atoms with Crippen molar-refractivity contribution in [2.75, 3.05) is 19.8 Å². The SMILES string of the molecule is CCOC(=O)C(C#N)Cc1ccc(OCCO)cc1. The standard InChI is InChI=1S/C14H17NO4/c1-2-18-14(17)12(10-15)9-11-3-5-13(6-4-11)19-8-7-16/h3-6,12,16H,2,7-9H2,1H3. The Hall–Kier alpha value is -2.06. The molecule has 1 N–H and O–H groups in total. The van der Waals surface area contributed by atoms with Crippen molar-refractivity contribution in [3.8, 4) is 11.8 Å². The lowest BCUT2D eigenvalue weighted by atomic mass is 10.0. The molecule has 0 saturated carbocycles. The Kier molecular flexibility index (Phi) is 6.41. The maximum absolute atomic E-state index is 11.5. The average Bonchev–Trinajstić information content (AvgIpc) is 2.44. The van der Waals surface area contributed by atoms with Crippen LogP contribution in [0.15, 0.2) is 24.3 Å². The first-order chi connectivity index (χ1) is 9.21. The lowest BCUT2D eigenvalue weighted by molar-refractivity contribution is -0.145. The van der Waals surface area contributed by atoms with E-state index in [0.717, 1.165) is 5.56 Å². The van der Waals surface area contributed by atoms with Gasteiger partial charge in [-0.2, -0.15) is 5.26 Å². The second-order valence-electron chi connectivity index (χ2n) is 3.85. The molecule has 0 bridgehead atoms. The van der Waals surface area contributed by atoms with E-state index in [9.17, 15) is 4.79 Å². The van der Waals surface area contributed by atoms with E-state index in [2.05, 4.69) is 0 Å². The molecule has 0 aliphatic rings. The van der Waals surface area contributed by atoms with Gasteiger partial charge >= 0.3 is 5.97 Å². The summed E-state index contributed by atoms with van der Waals surface area (Å²) in [6.07, 6.45) is 0.315. The number of hydrogen-bond donors (Lipinski definition) is 1. The molecule has 0 radical (unpaired) electrons. The van der Waals surface area contributed by atoms with Crippen LogP contribution in [0, 0.1) is 17.2 Å². The molecule has 1 rings (SSSR count). The summed E-state index contributed by atoms with van der Waals surface area (Å²) in [4.78, 5) is 11.5. The van der Waals surface area contributed by atoms with E-state index in [-0.39, 0.29) is 19.8 Å². The molecule has 0 aliphatic heterocycles. The van der Waals surface area contributed by atoms with Gasteiger partial charge in [-0.3, -0.25) is 4.79 Å². The van der Waals surface area contributed by atoms with Crippen LogP contribution in [-0.4, -0.2) is 30.9 Å². The predicted molar refractivity (Wildman–Crippen MR) is 68.5 cm³/mol. The molecule has 5 nitrogen and oxygen atoms in total. The van der Waals surface area contributed by atoms with Crippen LogP contribution in [0.2, 0.25) is 0 Å². The minimum absolute atomic E-state index is 0.0406. The Morgan fingerprint density at radius 3 is 2.63 bits per heavy atom. The number of benzene rings is 1. The second-order valence-corrected chi connectivity index (χ2v) is 3.85. The lowest BCUT2D eigenvalue weighted by Crippen LogP contribution is -2.18. The first-order valence-corrected chi connectivity index (χ1v) is 6.10. The highest BCUT2D eigenvalue weighted by atomic mass is 16.5. The number of rotatable bonds is 7. The third-order valence-electron chi connectivity index (χ3n) is 2.45. The fourth-order valence-corrected chi connectivity index (χ4v) is 1.55. The van der Waals surface area contributed by atoms with Gasteiger partial charge in [0.1, 0.15) is 18.3 Å². The van der Waals surface area contributed by atoms with Crippen molar-refractivity contribution >= 4 is 5.97 Å². The molecule has 0 fully saturated rings. The van der Waals surface area contributed by atoms with Gasteiger partial charge in [0.05, 0.1) is 19.3 Å². The van der Waals surface area contributed by atoms with Crippen molar-refractivity contribution in [3.63, 3.8) is 0 Å². The largest absolute Gasteiger partial charge is 0.491 e. The van der Waals surface area contributed by atoms with E-state index in [1.807, 2.05) is 6.07 Å². The van der Waals surface area contributed by atoms with Gasteiger partial charge in [0.25, 0.3) is 0 Å². The molecule has 5 heteroatoms. The molecule has 0 heterocycles. The predicted octanol–water partition coefficient (Wildman–Crippen LogP) is 1.30.